The van der Waals surface area contributed by atoms with Crippen LogP contribution in [0.1, 0.15) is 28.2 Å². The van der Waals surface area contributed by atoms with Crippen LogP contribution in [0, 0.1) is 17.0 Å². The maximum absolute atomic E-state index is 12.3. The minimum Gasteiger partial charge on any atom is -0.481 e. The fourth-order valence-corrected chi connectivity index (χ4v) is 2.32. The largest absolute Gasteiger partial charge is 0.481 e. The summed E-state index contributed by atoms with van der Waals surface area (Å²) in [7, 11) is 1.46. The van der Waals surface area contributed by atoms with Crippen molar-refractivity contribution in [2.24, 2.45) is 7.05 Å². The van der Waals surface area contributed by atoms with Crippen LogP contribution in [-0.2, 0) is 18.3 Å². The summed E-state index contributed by atoms with van der Waals surface area (Å²) in [6.07, 6.45) is 0.405. The van der Waals surface area contributed by atoms with Crippen molar-refractivity contribution in [3.63, 3.8) is 0 Å². The number of carboxylic acids is 1. The predicted molar refractivity (Wildman–Crippen MR) is 85.0 cm³/mol. The van der Waals surface area contributed by atoms with Gasteiger partial charge in [-0.1, -0.05) is 12.1 Å². The van der Waals surface area contributed by atoms with Gasteiger partial charge in [0.15, 0.2) is 0 Å². The van der Waals surface area contributed by atoms with E-state index in [2.05, 4.69) is 10.4 Å². The van der Waals surface area contributed by atoms with E-state index >= 15 is 0 Å². The van der Waals surface area contributed by atoms with Crippen LogP contribution in [0.25, 0.3) is 0 Å². The number of benzene rings is 1. The molecule has 0 saturated carbocycles. The lowest BCUT2D eigenvalue weighted by Crippen LogP contribution is -2.17. The molecular weight excluding hydrogens is 316 g/mol. The number of aromatic nitrogens is 2. The smallest absolute Gasteiger partial charge is 0.322 e. The highest BCUT2D eigenvalue weighted by molar-refractivity contribution is 6.06. The molecule has 1 aromatic heterocycles. The molecule has 2 rings (SSSR count). The van der Waals surface area contributed by atoms with Crippen molar-refractivity contribution in [1.82, 2.24) is 9.78 Å². The van der Waals surface area contributed by atoms with Crippen molar-refractivity contribution in [3.05, 3.63) is 51.3 Å². The fraction of sp³-hybridized carbons (Fsp3) is 0.267. The average Bonchev–Trinajstić information content (AvgIpc) is 2.81. The zero-order valence-electron chi connectivity index (χ0n) is 13.1. The molecule has 0 aliphatic carbocycles. The molecule has 24 heavy (non-hydrogen) atoms. The lowest BCUT2D eigenvalue weighted by Gasteiger charge is -2.06. The van der Waals surface area contributed by atoms with Gasteiger partial charge in [0, 0.05) is 19.2 Å². The van der Waals surface area contributed by atoms with Crippen molar-refractivity contribution in [3.8, 4) is 0 Å². The topological polar surface area (TPSA) is 127 Å². The highest BCUT2D eigenvalue weighted by atomic mass is 16.6. The lowest BCUT2D eigenvalue weighted by atomic mass is 10.1. The van der Waals surface area contributed by atoms with Gasteiger partial charge in [-0.25, -0.2) is 0 Å². The number of carbonyl (C=O) groups excluding carboxylic acids is 1. The molecule has 0 radical (unpaired) electrons. The van der Waals surface area contributed by atoms with Gasteiger partial charge >= 0.3 is 11.7 Å². The molecule has 9 heteroatoms. The van der Waals surface area contributed by atoms with Crippen LogP contribution in [0.5, 0.6) is 0 Å². The van der Waals surface area contributed by atoms with Gasteiger partial charge in [0.2, 0.25) is 5.69 Å². The summed E-state index contributed by atoms with van der Waals surface area (Å²) in [6.45, 7) is 1.46. The van der Waals surface area contributed by atoms with Crippen LogP contribution >= 0.6 is 0 Å². The van der Waals surface area contributed by atoms with Crippen LogP contribution in [0.2, 0.25) is 0 Å². The molecule has 0 fully saturated rings. The number of carbonyl (C=O) groups is 2. The summed E-state index contributed by atoms with van der Waals surface area (Å²) in [6, 6.07) is 6.62. The van der Waals surface area contributed by atoms with Gasteiger partial charge in [0.25, 0.3) is 5.91 Å². The Bertz CT molecular complexity index is 795. The number of hydrogen-bond acceptors (Lipinski definition) is 5. The highest BCUT2D eigenvalue weighted by Gasteiger charge is 2.29. The molecule has 9 nitrogen and oxygen atoms in total. The Hall–Kier alpha value is -3.23. The first-order valence-electron chi connectivity index (χ1n) is 7.09. The number of aryl methyl sites for hydroxylation is 3. The summed E-state index contributed by atoms with van der Waals surface area (Å²) in [5.41, 5.74) is 0.974. The van der Waals surface area contributed by atoms with Crippen molar-refractivity contribution in [2.75, 3.05) is 5.32 Å². The van der Waals surface area contributed by atoms with E-state index in [4.69, 9.17) is 5.11 Å². The Balaban J connectivity index is 2.16. The first-order valence-corrected chi connectivity index (χ1v) is 7.09. The number of carboxylic acid groups (broad SMARTS) is 1. The van der Waals surface area contributed by atoms with E-state index in [1.807, 2.05) is 0 Å². The normalized spacial score (nSPS) is 10.4. The van der Waals surface area contributed by atoms with Gasteiger partial charge in [-0.15, -0.1) is 0 Å². The number of rotatable bonds is 6. The quantitative estimate of drug-likeness (QED) is 0.614. The maximum Gasteiger partial charge on any atom is 0.322 e. The van der Waals surface area contributed by atoms with Crippen LogP contribution in [0.4, 0.5) is 11.4 Å². The van der Waals surface area contributed by atoms with Crippen LogP contribution < -0.4 is 5.32 Å². The number of nitrogens with one attached hydrogen (secondary N) is 1. The Labute approximate surface area is 137 Å². The Morgan fingerprint density at radius 2 is 1.96 bits per heavy atom. The van der Waals surface area contributed by atoms with Gasteiger partial charge < -0.3 is 10.4 Å². The van der Waals surface area contributed by atoms with E-state index in [1.54, 1.807) is 24.3 Å². The van der Waals surface area contributed by atoms with Crippen molar-refractivity contribution < 1.29 is 19.6 Å². The van der Waals surface area contributed by atoms with E-state index in [9.17, 15) is 19.7 Å². The molecule has 1 heterocycles. The minimum absolute atomic E-state index is 0.0200. The summed E-state index contributed by atoms with van der Waals surface area (Å²) >= 11 is 0. The van der Waals surface area contributed by atoms with E-state index in [1.165, 1.54) is 18.7 Å². The molecule has 0 saturated heterocycles. The molecule has 0 bridgehead atoms. The molecule has 126 valence electrons. The number of nitrogens with zero attached hydrogens (tertiary/aromatic N) is 3. The van der Waals surface area contributed by atoms with E-state index in [-0.39, 0.29) is 23.5 Å². The molecule has 0 aliphatic heterocycles. The van der Waals surface area contributed by atoms with Gasteiger partial charge in [0.05, 0.1) is 4.92 Å². The van der Waals surface area contributed by atoms with E-state index in [0.29, 0.717) is 12.1 Å². The number of anilines is 1. The number of amides is 1. The van der Waals surface area contributed by atoms with Crippen LogP contribution in [-0.4, -0.2) is 31.7 Å². The van der Waals surface area contributed by atoms with Gasteiger partial charge in [-0.05, 0) is 31.0 Å². The zero-order chi connectivity index (χ0) is 17.9. The second-order valence-electron chi connectivity index (χ2n) is 5.21. The number of aliphatic carboxylic acids is 1. The number of nitro groups is 1. The minimum atomic E-state index is -0.883. The third-order valence-corrected chi connectivity index (χ3v) is 3.43. The number of hydrogen-bond donors (Lipinski definition) is 2. The summed E-state index contributed by atoms with van der Waals surface area (Å²) in [4.78, 5) is 33.3. The third-order valence-electron chi connectivity index (χ3n) is 3.43. The first-order chi connectivity index (χ1) is 11.3. The summed E-state index contributed by atoms with van der Waals surface area (Å²) in [5, 5.41) is 26.2. The van der Waals surface area contributed by atoms with Crippen molar-refractivity contribution >= 4 is 23.3 Å². The lowest BCUT2D eigenvalue weighted by molar-refractivity contribution is -0.385. The highest BCUT2D eigenvalue weighted by Crippen LogP contribution is 2.23. The Morgan fingerprint density at radius 3 is 2.50 bits per heavy atom. The SMILES string of the molecule is Cc1nn(C)c(C(=O)Nc2ccc(CCC(=O)O)cc2)c1[N+](=O)[O-]. The van der Waals surface area contributed by atoms with E-state index in [0.717, 1.165) is 5.56 Å². The van der Waals surface area contributed by atoms with Gasteiger partial charge in [0.1, 0.15) is 5.69 Å². The summed E-state index contributed by atoms with van der Waals surface area (Å²) < 4.78 is 1.17. The second-order valence-corrected chi connectivity index (χ2v) is 5.21. The summed E-state index contributed by atoms with van der Waals surface area (Å²) in [5.74, 6) is -1.52. The van der Waals surface area contributed by atoms with Gasteiger partial charge in [-0.2, -0.15) is 5.10 Å². The molecule has 0 unspecified atom stereocenters. The molecule has 0 spiro atoms. The molecule has 2 aromatic rings. The van der Waals surface area contributed by atoms with Crippen LogP contribution in [0.3, 0.4) is 0 Å². The van der Waals surface area contributed by atoms with Gasteiger partial charge in [-0.3, -0.25) is 24.4 Å². The molecule has 1 amide bonds. The third kappa shape index (κ3) is 3.75. The molecule has 1 aromatic carbocycles. The monoisotopic (exact) mass is 332 g/mol. The van der Waals surface area contributed by atoms with Crippen molar-refractivity contribution in [1.29, 1.82) is 0 Å². The Morgan fingerprint density at radius 1 is 1.33 bits per heavy atom. The molecular formula is C15H16N4O5. The standard InChI is InChI=1S/C15H16N4O5/c1-9-13(19(23)24)14(18(2)17-9)15(22)16-11-6-3-10(4-7-11)5-8-12(20)21/h3-4,6-7H,5,8H2,1-2H3,(H,16,22)(H,20,21). The van der Waals surface area contributed by atoms with Crippen molar-refractivity contribution in [2.45, 2.75) is 19.8 Å². The van der Waals surface area contributed by atoms with E-state index < -0.39 is 16.8 Å². The molecule has 0 atom stereocenters. The van der Waals surface area contributed by atoms with Crippen LogP contribution in [0.15, 0.2) is 24.3 Å². The molecule has 0 aliphatic rings. The maximum atomic E-state index is 12.3. The molecule has 2 N–H and O–H groups in total. The average molecular weight is 332 g/mol. The second kappa shape index (κ2) is 6.90. The Kier molecular flexibility index (Phi) is 4.93. The first kappa shape index (κ1) is 17.1. The fourth-order valence-electron chi connectivity index (χ4n) is 2.32. The predicted octanol–water partition coefficient (Wildman–Crippen LogP) is 1.91. The zero-order valence-corrected chi connectivity index (χ0v) is 13.1.